The number of nitrogens with zero attached hydrogens (tertiary/aromatic N) is 1. The summed E-state index contributed by atoms with van der Waals surface area (Å²) in [5.74, 6) is 0.129. The quantitative estimate of drug-likeness (QED) is 0.667. The molecule has 0 aliphatic carbocycles. The molecule has 0 saturated heterocycles. The van der Waals surface area contributed by atoms with Gasteiger partial charge in [0.2, 0.25) is 0 Å². The summed E-state index contributed by atoms with van der Waals surface area (Å²) >= 11 is 13.3. The van der Waals surface area contributed by atoms with Crippen LogP contribution in [0.25, 0.3) is 11.0 Å². The first kappa shape index (κ1) is 14.4. The molecule has 1 amide bonds. The summed E-state index contributed by atoms with van der Waals surface area (Å²) in [6, 6.07) is 10.7. The van der Waals surface area contributed by atoms with E-state index >= 15 is 0 Å². The predicted molar refractivity (Wildman–Crippen MR) is 86.4 cm³/mol. The van der Waals surface area contributed by atoms with E-state index < -0.39 is 0 Å². The number of hydrogen-bond donors (Lipinski definition) is 0. The molecule has 21 heavy (non-hydrogen) atoms. The van der Waals surface area contributed by atoms with Gasteiger partial charge in [-0.25, -0.2) is 0 Å². The average Bonchev–Trinajstić information content (AvgIpc) is 3.03. The van der Waals surface area contributed by atoms with Gasteiger partial charge in [0.1, 0.15) is 5.58 Å². The lowest BCUT2D eigenvalue weighted by molar-refractivity contribution is 0.0757. The second kappa shape index (κ2) is 5.72. The highest BCUT2D eigenvalue weighted by Crippen LogP contribution is 2.25. The van der Waals surface area contributed by atoms with Crippen molar-refractivity contribution in [1.82, 2.24) is 4.90 Å². The molecule has 1 aromatic carbocycles. The number of thiophene rings is 1. The fourth-order valence-corrected chi connectivity index (χ4v) is 3.37. The Morgan fingerprint density at radius 1 is 1.24 bits per heavy atom. The van der Waals surface area contributed by atoms with Crippen molar-refractivity contribution in [3.05, 3.63) is 56.4 Å². The number of carbonyl (C=O) groups excluding carboxylic acids is 1. The third kappa shape index (κ3) is 3.07. The van der Waals surface area contributed by atoms with Gasteiger partial charge in [0, 0.05) is 22.3 Å². The van der Waals surface area contributed by atoms with E-state index in [1.54, 1.807) is 36.2 Å². The zero-order valence-electron chi connectivity index (χ0n) is 11.1. The van der Waals surface area contributed by atoms with E-state index in [1.165, 1.54) is 11.3 Å². The normalized spacial score (nSPS) is 11.0. The number of furan rings is 1. The molecule has 0 spiro atoms. The Hall–Kier alpha value is -1.49. The molecule has 2 heterocycles. The van der Waals surface area contributed by atoms with Gasteiger partial charge in [-0.2, -0.15) is 0 Å². The third-order valence-electron chi connectivity index (χ3n) is 3.06. The van der Waals surface area contributed by atoms with Crippen LogP contribution in [0.5, 0.6) is 0 Å². The first-order valence-corrected chi connectivity index (χ1v) is 7.79. The minimum atomic E-state index is -0.174. The molecule has 0 radical (unpaired) electrons. The van der Waals surface area contributed by atoms with Crippen molar-refractivity contribution in [3.63, 3.8) is 0 Å². The molecule has 0 N–H and O–H groups in total. The summed E-state index contributed by atoms with van der Waals surface area (Å²) in [4.78, 5) is 15.0. The van der Waals surface area contributed by atoms with Crippen molar-refractivity contribution in [2.75, 3.05) is 7.05 Å². The van der Waals surface area contributed by atoms with E-state index in [-0.39, 0.29) is 5.91 Å². The standard InChI is InChI=1S/C15H11Cl2NO2S/c1-18(8-11-3-5-14(17)21-11)15(19)13-7-9-6-10(16)2-4-12(9)20-13/h2-7H,8H2,1H3. The van der Waals surface area contributed by atoms with Crippen LogP contribution < -0.4 is 0 Å². The number of rotatable bonds is 3. The van der Waals surface area contributed by atoms with E-state index in [4.69, 9.17) is 27.6 Å². The van der Waals surface area contributed by atoms with Crippen molar-refractivity contribution in [1.29, 1.82) is 0 Å². The zero-order chi connectivity index (χ0) is 15.0. The van der Waals surface area contributed by atoms with Crippen molar-refractivity contribution in [2.24, 2.45) is 0 Å². The highest BCUT2D eigenvalue weighted by atomic mass is 35.5. The summed E-state index contributed by atoms with van der Waals surface area (Å²) in [5.41, 5.74) is 0.648. The second-order valence-electron chi connectivity index (χ2n) is 4.66. The molecule has 0 bridgehead atoms. The number of benzene rings is 1. The van der Waals surface area contributed by atoms with E-state index in [1.807, 2.05) is 12.1 Å². The topological polar surface area (TPSA) is 33.5 Å². The molecular formula is C15H11Cl2NO2S. The summed E-state index contributed by atoms with van der Waals surface area (Å²) in [6.07, 6.45) is 0. The van der Waals surface area contributed by atoms with Gasteiger partial charge in [-0.3, -0.25) is 4.79 Å². The lowest BCUT2D eigenvalue weighted by Crippen LogP contribution is -2.25. The summed E-state index contributed by atoms with van der Waals surface area (Å²) < 4.78 is 6.29. The largest absolute Gasteiger partial charge is 0.451 e. The molecule has 0 aliphatic heterocycles. The Balaban J connectivity index is 1.82. The van der Waals surface area contributed by atoms with Crippen molar-refractivity contribution >= 4 is 51.4 Å². The Morgan fingerprint density at radius 2 is 2.05 bits per heavy atom. The molecule has 108 valence electrons. The monoisotopic (exact) mass is 339 g/mol. The maximum absolute atomic E-state index is 12.4. The van der Waals surface area contributed by atoms with Gasteiger partial charge in [-0.1, -0.05) is 23.2 Å². The summed E-state index contributed by atoms with van der Waals surface area (Å²) in [5, 5.41) is 1.43. The number of halogens is 2. The summed E-state index contributed by atoms with van der Waals surface area (Å²) in [7, 11) is 1.73. The minimum Gasteiger partial charge on any atom is -0.451 e. The van der Waals surface area contributed by atoms with Crippen molar-refractivity contribution < 1.29 is 9.21 Å². The molecular weight excluding hydrogens is 329 g/mol. The van der Waals surface area contributed by atoms with Crippen LogP contribution >= 0.6 is 34.5 Å². The molecule has 0 unspecified atom stereocenters. The molecule has 0 fully saturated rings. The molecule has 0 saturated carbocycles. The van der Waals surface area contributed by atoms with Crippen LogP contribution in [0, 0.1) is 0 Å². The Kier molecular flexibility index (Phi) is 3.93. The highest BCUT2D eigenvalue weighted by Gasteiger charge is 2.17. The van der Waals surface area contributed by atoms with Gasteiger partial charge in [-0.05, 0) is 36.4 Å². The number of hydrogen-bond acceptors (Lipinski definition) is 3. The van der Waals surface area contributed by atoms with Crippen LogP contribution in [0.1, 0.15) is 15.4 Å². The van der Waals surface area contributed by atoms with Crippen LogP contribution in [-0.2, 0) is 6.54 Å². The molecule has 3 nitrogen and oxygen atoms in total. The van der Waals surface area contributed by atoms with Gasteiger partial charge < -0.3 is 9.32 Å². The van der Waals surface area contributed by atoms with Gasteiger partial charge in [0.25, 0.3) is 5.91 Å². The Labute approximate surface area is 135 Å². The molecule has 3 rings (SSSR count). The fraction of sp³-hybridized carbons (Fsp3) is 0.133. The minimum absolute atomic E-state index is 0.174. The van der Waals surface area contributed by atoms with Crippen molar-refractivity contribution in [2.45, 2.75) is 6.54 Å². The molecule has 0 aliphatic rings. The van der Waals surface area contributed by atoms with E-state index in [2.05, 4.69) is 0 Å². The van der Waals surface area contributed by atoms with Crippen molar-refractivity contribution in [3.8, 4) is 0 Å². The smallest absolute Gasteiger partial charge is 0.289 e. The molecule has 0 atom stereocenters. The zero-order valence-corrected chi connectivity index (χ0v) is 13.4. The number of amides is 1. The van der Waals surface area contributed by atoms with Gasteiger partial charge in [-0.15, -0.1) is 11.3 Å². The maximum Gasteiger partial charge on any atom is 0.289 e. The Bertz CT molecular complexity index is 809. The van der Waals surface area contributed by atoms with Crippen LogP contribution in [0.2, 0.25) is 9.36 Å². The van der Waals surface area contributed by atoms with Crippen LogP contribution in [0.4, 0.5) is 0 Å². The predicted octanol–water partition coefficient (Wildman–Crippen LogP) is 5.07. The molecule has 3 aromatic rings. The molecule has 2 aromatic heterocycles. The Morgan fingerprint density at radius 3 is 2.76 bits per heavy atom. The van der Waals surface area contributed by atoms with Gasteiger partial charge in [0.15, 0.2) is 5.76 Å². The van der Waals surface area contributed by atoms with E-state index in [0.29, 0.717) is 27.2 Å². The fourth-order valence-electron chi connectivity index (χ4n) is 2.05. The SMILES string of the molecule is CN(Cc1ccc(Cl)s1)C(=O)c1cc2cc(Cl)ccc2o1. The van der Waals surface area contributed by atoms with E-state index in [9.17, 15) is 4.79 Å². The van der Waals surface area contributed by atoms with Gasteiger partial charge >= 0.3 is 0 Å². The second-order valence-corrected chi connectivity index (χ2v) is 6.90. The first-order chi connectivity index (χ1) is 10.0. The van der Waals surface area contributed by atoms with Gasteiger partial charge in [0.05, 0.1) is 10.9 Å². The van der Waals surface area contributed by atoms with Crippen LogP contribution in [0.15, 0.2) is 40.8 Å². The lowest BCUT2D eigenvalue weighted by Gasteiger charge is -2.14. The lowest BCUT2D eigenvalue weighted by atomic mass is 10.2. The maximum atomic E-state index is 12.4. The number of fused-ring (bicyclic) bond motifs is 1. The first-order valence-electron chi connectivity index (χ1n) is 6.22. The summed E-state index contributed by atoms with van der Waals surface area (Å²) in [6.45, 7) is 0.494. The van der Waals surface area contributed by atoms with E-state index in [0.717, 1.165) is 10.3 Å². The van der Waals surface area contributed by atoms with Crippen LogP contribution in [0.3, 0.4) is 0 Å². The highest BCUT2D eigenvalue weighted by molar-refractivity contribution is 7.16. The third-order valence-corrected chi connectivity index (χ3v) is 4.51. The van der Waals surface area contributed by atoms with Crippen LogP contribution in [-0.4, -0.2) is 17.9 Å². The molecule has 6 heteroatoms. The average molecular weight is 340 g/mol. The number of carbonyl (C=O) groups is 1.